The van der Waals surface area contributed by atoms with Crippen molar-refractivity contribution in [2.45, 2.75) is 38.9 Å². The third kappa shape index (κ3) is 5.32. The van der Waals surface area contributed by atoms with Gasteiger partial charge < -0.3 is 9.47 Å². The molecule has 3 rings (SSSR count). The van der Waals surface area contributed by atoms with E-state index in [1.165, 1.54) is 11.1 Å². The molecule has 25 heavy (non-hydrogen) atoms. The van der Waals surface area contributed by atoms with Gasteiger partial charge in [0.1, 0.15) is 5.75 Å². The van der Waals surface area contributed by atoms with Crippen LogP contribution in [0.25, 0.3) is 11.1 Å². The summed E-state index contributed by atoms with van der Waals surface area (Å²) >= 11 is 0. The number of nitrogens with zero attached hydrogens (tertiary/aromatic N) is 1. The Morgan fingerprint density at radius 2 is 1.60 bits per heavy atom. The molecule has 2 aromatic rings. The Balaban J connectivity index is 1.45. The molecule has 1 saturated heterocycles. The highest BCUT2D eigenvalue weighted by Crippen LogP contribution is 2.29. The van der Waals surface area contributed by atoms with Gasteiger partial charge in [-0.15, -0.1) is 0 Å². The highest BCUT2D eigenvalue weighted by Gasteiger charge is 2.21. The Morgan fingerprint density at radius 3 is 2.36 bits per heavy atom. The molecule has 3 heteroatoms. The van der Waals surface area contributed by atoms with Crippen LogP contribution >= 0.6 is 0 Å². The largest absolute Gasteiger partial charge is 0.493 e. The van der Waals surface area contributed by atoms with Gasteiger partial charge in [0.05, 0.1) is 18.8 Å². The summed E-state index contributed by atoms with van der Waals surface area (Å²) in [5.74, 6) is 0.974. The lowest BCUT2D eigenvalue weighted by Crippen LogP contribution is -2.45. The van der Waals surface area contributed by atoms with Crippen LogP contribution in [0.1, 0.15) is 26.7 Å². The molecule has 0 spiro atoms. The van der Waals surface area contributed by atoms with Gasteiger partial charge in [0.25, 0.3) is 0 Å². The number of ether oxygens (including phenoxy) is 2. The van der Waals surface area contributed by atoms with Crippen molar-refractivity contribution in [2.75, 3.05) is 26.2 Å². The molecule has 1 aliphatic rings. The minimum Gasteiger partial charge on any atom is -0.493 e. The second-order valence-corrected chi connectivity index (χ2v) is 6.93. The molecule has 134 valence electrons. The molecule has 2 aromatic carbocycles. The van der Waals surface area contributed by atoms with Gasteiger partial charge in [-0.05, 0) is 44.9 Å². The van der Waals surface area contributed by atoms with Crippen molar-refractivity contribution in [3.8, 4) is 16.9 Å². The van der Waals surface area contributed by atoms with Gasteiger partial charge in [0.15, 0.2) is 0 Å². The fourth-order valence-corrected chi connectivity index (χ4v) is 3.54. The summed E-state index contributed by atoms with van der Waals surface area (Å²) in [5.41, 5.74) is 2.37. The normalized spacial score (nSPS) is 21.2. The van der Waals surface area contributed by atoms with Crippen molar-refractivity contribution >= 4 is 0 Å². The molecule has 1 heterocycles. The predicted octanol–water partition coefficient (Wildman–Crippen LogP) is 4.62. The van der Waals surface area contributed by atoms with Crippen molar-refractivity contribution in [2.24, 2.45) is 0 Å². The first-order chi connectivity index (χ1) is 12.2. The van der Waals surface area contributed by atoms with Crippen molar-refractivity contribution in [1.29, 1.82) is 0 Å². The van der Waals surface area contributed by atoms with Gasteiger partial charge in [0.2, 0.25) is 0 Å². The number of unbranched alkanes of at least 4 members (excludes halogenated alkanes) is 1. The minimum atomic E-state index is 0.345. The van der Waals surface area contributed by atoms with E-state index in [2.05, 4.69) is 61.2 Å². The summed E-state index contributed by atoms with van der Waals surface area (Å²) in [4.78, 5) is 2.51. The smallest absolute Gasteiger partial charge is 0.127 e. The average Bonchev–Trinajstić information content (AvgIpc) is 2.62. The van der Waals surface area contributed by atoms with Gasteiger partial charge in [-0.2, -0.15) is 0 Å². The van der Waals surface area contributed by atoms with Gasteiger partial charge in [-0.25, -0.2) is 0 Å². The van der Waals surface area contributed by atoms with Crippen molar-refractivity contribution < 1.29 is 9.47 Å². The zero-order valence-corrected chi connectivity index (χ0v) is 15.4. The van der Waals surface area contributed by atoms with E-state index in [4.69, 9.17) is 9.47 Å². The second kappa shape index (κ2) is 9.02. The van der Waals surface area contributed by atoms with E-state index in [-0.39, 0.29) is 0 Å². The summed E-state index contributed by atoms with van der Waals surface area (Å²) in [6, 6.07) is 18.7. The maximum absolute atomic E-state index is 6.08. The Labute approximate surface area is 151 Å². The molecule has 1 fully saturated rings. The Bertz CT molecular complexity index is 633. The summed E-state index contributed by atoms with van der Waals surface area (Å²) in [6.07, 6.45) is 2.92. The maximum Gasteiger partial charge on any atom is 0.127 e. The van der Waals surface area contributed by atoms with Gasteiger partial charge >= 0.3 is 0 Å². The summed E-state index contributed by atoms with van der Waals surface area (Å²) in [7, 11) is 0. The molecule has 0 aromatic heterocycles. The first-order valence-electron chi connectivity index (χ1n) is 9.37. The molecule has 0 unspecified atom stereocenters. The van der Waals surface area contributed by atoms with Gasteiger partial charge in [0, 0.05) is 18.7 Å². The van der Waals surface area contributed by atoms with E-state index in [0.717, 1.165) is 44.8 Å². The second-order valence-electron chi connectivity index (χ2n) is 6.93. The maximum atomic E-state index is 6.08. The molecule has 0 aliphatic carbocycles. The fraction of sp³-hybridized carbons (Fsp3) is 0.455. The van der Waals surface area contributed by atoms with Crippen LogP contribution in [0.5, 0.6) is 5.75 Å². The lowest BCUT2D eigenvalue weighted by atomic mass is 10.1. The molecule has 0 radical (unpaired) electrons. The van der Waals surface area contributed by atoms with E-state index < -0.39 is 0 Å². The molecular formula is C22H29NO2. The highest BCUT2D eigenvalue weighted by atomic mass is 16.5. The number of hydrogen-bond acceptors (Lipinski definition) is 3. The first kappa shape index (κ1) is 18.0. The zero-order valence-electron chi connectivity index (χ0n) is 15.4. The van der Waals surface area contributed by atoms with Gasteiger partial charge in [-0.3, -0.25) is 4.90 Å². The summed E-state index contributed by atoms with van der Waals surface area (Å²) in [6.45, 7) is 8.30. The van der Waals surface area contributed by atoms with Crippen molar-refractivity contribution in [3.63, 3.8) is 0 Å². The standard InChI is InChI=1S/C22H29NO2/c1-18-16-23(17-19(2)25-18)14-8-9-15-24-22-13-7-6-12-21(22)20-10-4-3-5-11-20/h3-7,10-13,18-19H,8-9,14-17H2,1-2H3/t18-,19-/m0/s1. The van der Waals surface area contributed by atoms with Crippen molar-refractivity contribution in [3.05, 3.63) is 54.6 Å². The van der Waals surface area contributed by atoms with Crippen LogP contribution in [0, 0.1) is 0 Å². The fourth-order valence-electron chi connectivity index (χ4n) is 3.54. The molecule has 2 atom stereocenters. The van der Waals surface area contributed by atoms with Crippen LogP contribution in [0.2, 0.25) is 0 Å². The van der Waals surface area contributed by atoms with Crippen LogP contribution in [0.4, 0.5) is 0 Å². The summed E-state index contributed by atoms with van der Waals surface area (Å²) < 4.78 is 11.9. The van der Waals surface area contributed by atoms with Gasteiger partial charge in [-0.1, -0.05) is 48.5 Å². The van der Waals surface area contributed by atoms with Crippen LogP contribution in [-0.2, 0) is 4.74 Å². The Hall–Kier alpha value is -1.84. The molecule has 0 amide bonds. The monoisotopic (exact) mass is 339 g/mol. The van der Waals surface area contributed by atoms with Crippen LogP contribution in [-0.4, -0.2) is 43.3 Å². The van der Waals surface area contributed by atoms with Crippen LogP contribution < -0.4 is 4.74 Å². The van der Waals surface area contributed by atoms with Crippen LogP contribution in [0.3, 0.4) is 0 Å². The van der Waals surface area contributed by atoms with Crippen molar-refractivity contribution in [1.82, 2.24) is 4.90 Å². The molecule has 0 bridgehead atoms. The third-order valence-corrected chi connectivity index (χ3v) is 4.59. The zero-order chi connectivity index (χ0) is 17.5. The predicted molar refractivity (Wildman–Crippen MR) is 103 cm³/mol. The number of hydrogen-bond donors (Lipinski definition) is 0. The number of benzene rings is 2. The molecule has 3 nitrogen and oxygen atoms in total. The lowest BCUT2D eigenvalue weighted by Gasteiger charge is -2.35. The van der Waals surface area contributed by atoms with E-state index in [1.807, 2.05) is 12.1 Å². The van der Waals surface area contributed by atoms with Crippen LogP contribution in [0.15, 0.2) is 54.6 Å². The average molecular weight is 339 g/mol. The quantitative estimate of drug-likeness (QED) is 0.687. The van der Waals surface area contributed by atoms with E-state index in [0.29, 0.717) is 12.2 Å². The van der Waals surface area contributed by atoms with E-state index >= 15 is 0 Å². The topological polar surface area (TPSA) is 21.7 Å². The van der Waals surface area contributed by atoms with E-state index in [1.54, 1.807) is 0 Å². The number of rotatable bonds is 7. The molecule has 0 saturated carbocycles. The highest BCUT2D eigenvalue weighted by molar-refractivity contribution is 5.70. The Kier molecular flexibility index (Phi) is 6.48. The minimum absolute atomic E-state index is 0.345. The molecule has 1 aliphatic heterocycles. The summed E-state index contributed by atoms with van der Waals surface area (Å²) in [5, 5.41) is 0. The SMILES string of the molecule is C[C@H]1CN(CCCCOc2ccccc2-c2ccccc2)C[C@H](C)O1. The molecular weight excluding hydrogens is 310 g/mol. The molecule has 0 N–H and O–H groups in total. The number of para-hydroxylation sites is 1. The Morgan fingerprint density at radius 1 is 0.920 bits per heavy atom. The lowest BCUT2D eigenvalue weighted by molar-refractivity contribution is -0.0682. The first-order valence-corrected chi connectivity index (χ1v) is 9.37. The van der Waals surface area contributed by atoms with E-state index in [9.17, 15) is 0 Å². The third-order valence-electron chi connectivity index (χ3n) is 4.59. The number of morpholine rings is 1.